The molecule has 1 unspecified atom stereocenters. The molecule has 0 saturated carbocycles. The average molecular weight is 628 g/mol. The molecule has 240 valence electrons. The molecule has 0 aliphatic carbocycles. The van der Waals surface area contributed by atoms with Crippen molar-refractivity contribution < 1.29 is 18.7 Å². The number of amides is 2. The van der Waals surface area contributed by atoms with E-state index in [-0.39, 0.29) is 23.3 Å². The van der Waals surface area contributed by atoms with Crippen LogP contribution in [-0.4, -0.2) is 52.6 Å². The molecule has 10 nitrogen and oxygen atoms in total. The van der Waals surface area contributed by atoms with Crippen LogP contribution in [0.1, 0.15) is 39.9 Å². The number of carbonyl (C=O) groups excluding carboxylic acids is 2. The number of ether oxygens (including phenoxy) is 1. The lowest BCUT2D eigenvalue weighted by Gasteiger charge is -2.23. The second kappa shape index (κ2) is 13.1. The first-order chi connectivity index (χ1) is 21.9. The summed E-state index contributed by atoms with van der Waals surface area (Å²) in [7, 11) is 6.23. The summed E-state index contributed by atoms with van der Waals surface area (Å²) in [6, 6.07) is 14.7. The summed E-state index contributed by atoms with van der Waals surface area (Å²) >= 11 is 0. The molecule has 2 amide bonds. The maximum absolute atomic E-state index is 15.7. The lowest BCUT2D eigenvalue weighted by Crippen LogP contribution is -2.40. The first kappa shape index (κ1) is 32.4. The summed E-state index contributed by atoms with van der Waals surface area (Å²) in [5, 5.41) is 5.78. The van der Waals surface area contributed by atoms with Gasteiger partial charge in [0.1, 0.15) is 17.1 Å². The van der Waals surface area contributed by atoms with E-state index >= 15 is 4.39 Å². The van der Waals surface area contributed by atoms with E-state index in [1.165, 1.54) is 38.0 Å². The third kappa shape index (κ3) is 6.36. The number of nitrogens with zero attached hydrogens (tertiary/aromatic N) is 3. The van der Waals surface area contributed by atoms with Gasteiger partial charge in [0.25, 0.3) is 11.5 Å². The highest BCUT2D eigenvalue weighted by atomic mass is 19.1. The highest BCUT2D eigenvalue weighted by Gasteiger charge is 2.24. The van der Waals surface area contributed by atoms with Crippen LogP contribution in [0, 0.1) is 19.7 Å². The minimum absolute atomic E-state index is 0.0455. The van der Waals surface area contributed by atoms with Crippen LogP contribution in [0.2, 0.25) is 0 Å². The van der Waals surface area contributed by atoms with Gasteiger partial charge in [0.2, 0.25) is 5.91 Å². The second-order valence-corrected chi connectivity index (χ2v) is 11.8. The van der Waals surface area contributed by atoms with Crippen LogP contribution in [0.5, 0.6) is 5.75 Å². The van der Waals surface area contributed by atoms with E-state index in [1.54, 1.807) is 6.07 Å². The van der Waals surface area contributed by atoms with Gasteiger partial charge in [-0.25, -0.2) is 9.18 Å². The Morgan fingerprint density at radius 1 is 1.04 bits per heavy atom. The number of benzene rings is 3. The zero-order valence-electron chi connectivity index (χ0n) is 26.9. The predicted octanol–water partition coefficient (Wildman–Crippen LogP) is 4.15. The molecular formula is C35H38FN5O5. The lowest BCUT2D eigenvalue weighted by atomic mass is 9.90. The van der Waals surface area contributed by atoms with E-state index in [4.69, 9.17) is 4.74 Å². The zero-order chi connectivity index (χ0) is 33.3. The standard InChI is InChI=1S/C35H38FN5O5/c1-20-24(22-15-29(36)27(31(16-22)46-6)18-39(3)17-23-13-14-32(42)37-23)9-7-10-25(20)26-11-8-12-30(21(26)2)38-33(43)28-19-40(4)35(45)41(5)34(28)44/h7-12,15-16,19,23H,13-14,17-18H2,1-6H3,(H,37,42)(H,38,43). The first-order valence-corrected chi connectivity index (χ1v) is 15.0. The maximum atomic E-state index is 15.7. The fourth-order valence-corrected chi connectivity index (χ4v) is 6.08. The Hall–Kier alpha value is -5.03. The first-order valence-electron chi connectivity index (χ1n) is 15.0. The summed E-state index contributed by atoms with van der Waals surface area (Å²) in [5.74, 6) is -0.521. The molecule has 2 N–H and O–H groups in total. The molecule has 46 heavy (non-hydrogen) atoms. The molecule has 1 atom stereocenters. The minimum atomic E-state index is -0.680. The van der Waals surface area contributed by atoms with Gasteiger partial charge in [-0.05, 0) is 78.9 Å². The van der Waals surface area contributed by atoms with Crippen molar-refractivity contribution in [3.8, 4) is 28.0 Å². The smallest absolute Gasteiger partial charge is 0.330 e. The van der Waals surface area contributed by atoms with Gasteiger partial charge in [0.05, 0.1) is 7.11 Å². The van der Waals surface area contributed by atoms with Gasteiger partial charge in [0.15, 0.2) is 0 Å². The van der Waals surface area contributed by atoms with Gasteiger partial charge < -0.3 is 19.9 Å². The summed E-state index contributed by atoms with van der Waals surface area (Å²) in [5.41, 5.74) is 4.53. The normalized spacial score (nSPS) is 14.4. The Bertz CT molecular complexity index is 1960. The Morgan fingerprint density at radius 2 is 1.72 bits per heavy atom. The minimum Gasteiger partial charge on any atom is -0.496 e. The molecular weight excluding hydrogens is 589 g/mol. The topological polar surface area (TPSA) is 115 Å². The van der Waals surface area contributed by atoms with E-state index in [9.17, 15) is 19.2 Å². The van der Waals surface area contributed by atoms with Crippen molar-refractivity contribution in [3.05, 3.63) is 104 Å². The summed E-state index contributed by atoms with van der Waals surface area (Å²) in [4.78, 5) is 51.4. The highest BCUT2D eigenvalue weighted by Crippen LogP contribution is 2.38. The molecule has 4 aromatic rings. The number of hydrogen-bond donors (Lipinski definition) is 2. The Labute approximate surface area is 266 Å². The maximum Gasteiger partial charge on any atom is 0.330 e. The molecule has 1 aliphatic heterocycles. The number of nitrogens with one attached hydrogen (secondary N) is 2. The fourth-order valence-electron chi connectivity index (χ4n) is 6.08. The van der Waals surface area contributed by atoms with Crippen molar-refractivity contribution in [3.63, 3.8) is 0 Å². The number of anilines is 1. The second-order valence-electron chi connectivity index (χ2n) is 11.8. The molecule has 11 heteroatoms. The summed E-state index contributed by atoms with van der Waals surface area (Å²) in [6.45, 7) is 4.77. The van der Waals surface area contributed by atoms with Crippen molar-refractivity contribution >= 4 is 17.5 Å². The quantitative estimate of drug-likeness (QED) is 0.288. The lowest BCUT2D eigenvalue weighted by molar-refractivity contribution is -0.119. The number of halogens is 1. The molecule has 1 aliphatic rings. The van der Waals surface area contributed by atoms with E-state index in [2.05, 4.69) is 10.6 Å². The number of likely N-dealkylation sites (N-methyl/N-ethyl adjacent to an activating group) is 1. The van der Waals surface area contributed by atoms with Crippen molar-refractivity contribution in [2.75, 3.05) is 26.0 Å². The average Bonchev–Trinajstić information content (AvgIpc) is 3.43. The number of aryl methyl sites for hydroxylation is 1. The molecule has 0 bridgehead atoms. The van der Waals surface area contributed by atoms with E-state index in [0.29, 0.717) is 42.1 Å². The molecule has 1 fully saturated rings. The summed E-state index contributed by atoms with van der Waals surface area (Å²) in [6.07, 6.45) is 2.51. The predicted molar refractivity (Wildman–Crippen MR) is 176 cm³/mol. The number of methoxy groups -OCH3 is 1. The third-order valence-electron chi connectivity index (χ3n) is 8.63. The van der Waals surface area contributed by atoms with Crippen molar-refractivity contribution in [1.82, 2.24) is 19.4 Å². The van der Waals surface area contributed by atoms with Crippen LogP contribution in [0.25, 0.3) is 22.3 Å². The van der Waals surface area contributed by atoms with Crippen molar-refractivity contribution in [2.45, 2.75) is 39.3 Å². The molecule has 1 aromatic heterocycles. The molecule has 0 spiro atoms. The van der Waals surface area contributed by atoms with Gasteiger partial charge in [-0.3, -0.25) is 23.9 Å². The van der Waals surface area contributed by atoms with Gasteiger partial charge in [-0.2, -0.15) is 0 Å². The van der Waals surface area contributed by atoms with Gasteiger partial charge in [-0.15, -0.1) is 0 Å². The Morgan fingerprint density at radius 3 is 2.39 bits per heavy atom. The number of hydrogen-bond acceptors (Lipinski definition) is 6. The molecule has 5 rings (SSSR count). The van der Waals surface area contributed by atoms with Crippen LogP contribution >= 0.6 is 0 Å². The molecule has 2 heterocycles. The molecule has 1 saturated heterocycles. The van der Waals surface area contributed by atoms with E-state index in [0.717, 1.165) is 38.8 Å². The Kier molecular flexibility index (Phi) is 9.24. The molecule has 0 radical (unpaired) electrons. The number of carbonyl (C=O) groups is 2. The van der Waals surface area contributed by atoms with Gasteiger partial charge in [0, 0.05) is 57.1 Å². The van der Waals surface area contributed by atoms with Crippen molar-refractivity contribution in [1.29, 1.82) is 0 Å². The largest absolute Gasteiger partial charge is 0.496 e. The third-order valence-corrected chi connectivity index (χ3v) is 8.63. The van der Waals surface area contributed by atoms with Gasteiger partial charge in [-0.1, -0.05) is 30.3 Å². The number of aromatic nitrogens is 2. The van der Waals surface area contributed by atoms with Crippen molar-refractivity contribution in [2.24, 2.45) is 14.1 Å². The van der Waals surface area contributed by atoms with Crippen LogP contribution in [0.3, 0.4) is 0 Å². The fraction of sp³-hybridized carbons (Fsp3) is 0.314. The molecule has 3 aromatic carbocycles. The SMILES string of the molecule is COc1cc(-c2cccc(-c3cccc(NC(=O)c4cn(C)c(=O)n(C)c4=O)c3C)c2C)cc(F)c1CN(C)CC1CCC(=O)N1. The Balaban J connectivity index is 1.44. The van der Waals surface area contributed by atoms with Crippen LogP contribution in [-0.2, 0) is 25.4 Å². The summed E-state index contributed by atoms with van der Waals surface area (Å²) < 4.78 is 23.4. The van der Waals surface area contributed by atoms with E-state index < -0.39 is 17.2 Å². The van der Waals surface area contributed by atoms with Gasteiger partial charge >= 0.3 is 5.69 Å². The number of rotatable bonds is 9. The van der Waals surface area contributed by atoms with Crippen LogP contribution in [0.15, 0.2) is 64.3 Å². The monoisotopic (exact) mass is 627 g/mol. The van der Waals surface area contributed by atoms with E-state index in [1.807, 2.05) is 62.2 Å². The van der Waals surface area contributed by atoms with Crippen LogP contribution < -0.4 is 26.6 Å². The van der Waals surface area contributed by atoms with Crippen LogP contribution in [0.4, 0.5) is 10.1 Å². The highest BCUT2D eigenvalue weighted by molar-refractivity contribution is 6.04. The zero-order valence-corrected chi connectivity index (χ0v) is 26.9.